The average molecular weight is 709 g/mol. The number of rotatable bonds is 15. The first kappa shape index (κ1) is 41.8. The Bertz CT molecular complexity index is 1760. The van der Waals surface area contributed by atoms with E-state index in [-0.39, 0.29) is 18.8 Å². The van der Waals surface area contributed by atoms with Crippen LogP contribution in [0.15, 0.2) is 72.3 Å². The largest absolute Gasteiger partial charge is 0.462 e. The van der Waals surface area contributed by atoms with Crippen LogP contribution in [-0.4, -0.2) is 48.3 Å². The van der Waals surface area contributed by atoms with Crippen molar-refractivity contribution < 1.29 is 28.5 Å². The molecule has 8 nitrogen and oxygen atoms in total. The SMILES string of the molecule is CCCOC(C=C(C(=O)OCC)C(=O)OCC)c1cccc(-c2c(C)cc(C)cc2C)n1.CCCOCc1cccc(-c2c(C)cc(C)cc2C)n1. The molecule has 0 aliphatic heterocycles. The summed E-state index contributed by atoms with van der Waals surface area (Å²) in [5, 5.41) is 0. The second-order valence-corrected chi connectivity index (χ2v) is 12.9. The summed E-state index contributed by atoms with van der Waals surface area (Å²) in [5.74, 6) is -1.48. The highest BCUT2D eigenvalue weighted by molar-refractivity contribution is 6.14. The maximum atomic E-state index is 12.4. The van der Waals surface area contributed by atoms with Gasteiger partial charge in [0.25, 0.3) is 0 Å². The van der Waals surface area contributed by atoms with Crippen molar-refractivity contribution >= 4 is 11.9 Å². The molecule has 0 aliphatic carbocycles. The van der Waals surface area contributed by atoms with Gasteiger partial charge in [0.15, 0.2) is 0 Å². The van der Waals surface area contributed by atoms with Crippen LogP contribution in [0.2, 0.25) is 0 Å². The molecule has 0 bridgehead atoms. The number of aryl methyl sites for hydroxylation is 6. The van der Waals surface area contributed by atoms with Crippen LogP contribution < -0.4 is 0 Å². The molecule has 4 rings (SSSR count). The Morgan fingerprint density at radius 1 is 0.654 bits per heavy atom. The molecular formula is C44H56N2O6. The number of hydrogen-bond donors (Lipinski definition) is 0. The van der Waals surface area contributed by atoms with Crippen LogP contribution >= 0.6 is 0 Å². The van der Waals surface area contributed by atoms with E-state index in [1.807, 2.05) is 31.2 Å². The van der Waals surface area contributed by atoms with E-state index in [1.165, 1.54) is 33.9 Å². The third kappa shape index (κ3) is 12.0. The van der Waals surface area contributed by atoms with E-state index in [4.69, 9.17) is 28.9 Å². The van der Waals surface area contributed by atoms with Gasteiger partial charge in [-0.3, -0.25) is 4.98 Å². The standard InChI is InChI=1S/C26H33NO5.C18H23NO/c1-7-13-32-23(16-20(25(28)30-8-2)26(29)31-9-3)21-11-10-12-22(27-21)24-18(5)14-17(4)15-19(24)6;1-5-9-20-12-16-7-6-8-17(19-16)18-14(3)10-13(2)11-15(18)4/h10-12,14-16,23H,7-9,13H2,1-6H3;6-8,10-11H,5,9,12H2,1-4H3. The van der Waals surface area contributed by atoms with E-state index in [2.05, 4.69) is 84.9 Å². The smallest absolute Gasteiger partial charge is 0.345 e. The number of benzene rings is 2. The topological polar surface area (TPSA) is 96.8 Å². The quantitative estimate of drug-likeness (QED) is 0.0396. The summed E-state index contributed by atoms with van der Waals surface area (Å²) in [7, 11) is 0. The Kier molecular flexibility index (Phi) is 16.9. The highest BCUT2D eigenvalue weighted by Crippen LogP contribution is 2.30. The minimum Gasteiger partial charge on any atom is -0.462 e. The normalized spacial score (nSPS) is 11.3. The van der Waals surface area contributed by atoms with Gasteiger partial charge in [0.1, 0.15) is 11.7 Å². The number of carbonyl (C=O) groups excluding carboxylic acids is 2. The summed E-state index contributed by atoms with van der Waals surface area (Å²) < 4.78 is 21.7. The zero-order valence-electron chi connectivity index (χ0n) is 32.7. The lowest BCUT2D eigenvalue weighted by Crippen LogP contribution is -2.20. The molecule has 1 atom stereocenters. The fourth-order valence-electron chi connectivity index (χ4n) is 6.19. The molecule has 4 aromatic rings. The Labute approximate surface area is 310 Å². The Morgan fingerprint density at radius 2 is 1.13 bits per heavy atom. The van der Waals surface area contributed by atoms with Gasteiger partial charge in [-0.1, -0.05) is 61.4 Å². The molecule has 0 radical (unpaired) electrons. The Hall–Kier alpha value is -4.66. The van der Waals surface area contributed by atoms with E-state index in [0.29, 0.717) is 18.9 Å². The second kappa shape index (κ2) is 21.0. The molecule has 0 saturated carbocycles. The third-order valence-electron chi connectivity index (χ3n) is 8.14. The van der Waals surface area contributed by atoms with Crippen LogP contribution in [0.1, 0.15) is 91.4 Å². The van der Waals surface area contributed by atoms with E-state index in [9.17, 15) is 9.59 Å². The third-order valence-corrected chi connectivity index (χ3v) is 8.14. The summed E-state index contributed by atoms with van der Waals surface area (Å²) in [6.45, 7) is 22.2. The first-order valence-corrected chi connectivity index (χ1v) is 18.3. The van der Waals surface area contributed by atoms with Gasteiger partial charge < -0.3 is 18.9 Å². The number of aromatic nitrogens is 2. The fraction of sp³-hybridized carbons (Fsp3) is 0.409. The number of hydrogen-bond acceptors (Lipinski definition) is 8. The van der Waals surface area contributed by atoms with Gasteiger partial charge >= 0.3 is 11.9 Å². The zero-order chi connectivity index (χ0) is 38.2. The number of pyridine rings is 2. The molecule has 2 heterocycles. The molecule has 278 valence electrons. The van der Waals surface area contributed by atoms with Gasteiger partial charge in [-0.15, -0.1) is 0 Å². The molecule has 0 N–H and O–H groups in total. The van der Waals surface area contributed by atoms with Crippen molar-refractivity contribution in [2.45, 2.75) is 94.8 Å². The molecule has 52 heavy (non-hydrogen) atoms. The van der Waals surface area contributed by atoms with Gasteiger partial charge in [0.2, 0.25) is 0 Å². The lowest BCUT2D eigenvalue weighted by molar-refractivity contribution is -0.146. The predicted molar refractivity (Wildman–Crippen MR) is 208 cm³/mol. The van der Waals surface area contributed by atoms with Crippen molar-refractivity contribution in [1.82, 2.24) is 9.97 Å². The van der Waals surface area contributed by atoms with Crippen molar-refractivity contribution in [3.8, 4) is 22.5 Å². The van der Waals surface area contributed by atoms with Crippen LogP contribution in [0, 0.1) is 41.5 Å². The van der Waals surface area contributed by atoms with Crippen LogP contribution in [-0.2, 0) is 35.1 Å². The monoisotopic (exact) mass is 708 g/mol. The molecular weight excluding hydrogens is 652 g/mol. The van der Waals surface area contributed by atoms with Crippen LogP contribution in [0.25, 0.3) is 22.5 Å². The van der Waals surface area contributed by atoms with Gasteiger partial charge in [-0.25, -0.2) is 14.6 Å². The van der Waals surface area contributed by atoms with Crippen molar-refractivity contribution in [3.63, 3.8) is 0 Å². The summed E-state index contributed by atoms with van der Waals surface area (Å²) in [5.41, 5.74) is 12.9. The number of nitrogens with zero attached hydrogens (tertiary/aromatic N) is 2. The summed E-state index contributed by atoms with van der Waals surface area (Å²) in [6, 6.07) is 20.5. The molecule has 0 fully saturated rings. The molecule has 0 amide bonds. The first-order chi connectivity index (χ1) is 24.9. The Balaban J connectivity index is 0.000000311. The first-order valence-electron chi connectivity index (χ1n) is 18.3. The molecule has 1 unspecified atom stereocenters. The van der Waals surface area contributed by atoms with Crippen LogP contribution in [0.3, 0.4) is 0 Å². The fourth-order valence-corrected chi connectivity index (χ4v) is 6.19. The highest BCUT2D eigenvalue weighted by atomic mass is 16.6. The van der Waals surface area contributed by atoms with Crippen molar-refractivity contribution in [2.24, 2.45) is 0 Å². The van der Waals surface area contributed by atoms with Crippen molar-refractivity contribution in [1.29, 1.82) is 0 Å². The Morgan fingerprint density at radius 3 is 1.62 bits per heavy atom. The number of esters is 2. The maximum Gasteiger partial charge on any atom is 0.345 e. The summed E-state index contributed by atoms with van der Waals surface area (Å²) >= 11 is 0. The zero-order valence-corrected chi connectivity index (χ0v) is 32.7. The lowest BCUT2D eigenvalue weighted by Gasteiger charge is -2.17. The van der Waals surface area contributed by atoms with Crippen molar-refractivity contribution in [3.05, 3.63) is 117 Å². The molecule has 0 aliphatic rings. The minimum atomic E-state index is -0.738. The summed E-state index contributed by atoms with van der Waals surface area (Å²) in [4.78, 5) is 34.5. The lowest BCUT2D eigenvalue weighted by atomic mass is 9.96. The number of carbonyl (C=O) groups is 2. The maximum absolute atomic E-state index is 12.4. The van der Waals surface area contributed by atoms with Gasteiger partial charge in [0, 0.05) is 24.3 Å². The van der Waals surface area contributed by atoms with Gasteiger partial charge in [-0.2, -0.15) is 0 Å². The van der Waals surface area contributed by atoms with Gasteiger partial charge in [0.05, 0.1) is 42.6 Å². The van der Waals surface area contributed by atoms with E-state index in [0.717, 1.165) is 53.2 Å². The molecule has 0 spiro atoms. The van der Waals surface area contributed by atoms with E-state index in [1.54, 1.807) is 13.8 Å². The second-order valence-electron chi connectivity index (χ2n) is 12.9. The predicted octanol–water partition coefficient (Wildman–Crippen LogP) is 9.79. The van der Waals surface area contributed by atoms with E-state index < -0.39 is 18.0 Å². The molecule has 2 aromatic heterocycles. The molecule has 2 aromatic carbocycles. The average Bonchev–Trinajstić information content (AvgIpc) is 3.08. The summed E-state index contributed by atoms with van der Waals surface area (Å²) in [6.07, 6.45) is 2.56. The highest BCUT2D eigenvalue weighted by Gasteiger charge is 2.25. The minimum absolute atomic E-state index is 0.149. The van der Waals surface area contributed by atoms with Crippen LogP contribution in [0.4, 0.5) is 0 Å². The number of ether oxygens (including phenoxy) is 4. The van der Waals surface area contributed by atoms with Crippen molar-refractivity contribution in [2.75, 3.05) is 26.4 Å². The molecule has 0 saturated heterocycles. The van der Waals surface area contributed by atoms with Gasteiger partial charge in [-0.05, 0) is 121 Å². The van der Waals surface area contributed by atoms with E-state index >= 15 is 0 Å². The molecule has 8 heteroatoms. The van der Waals surface area contributed by atoms with Crippen LogP contribution in [0.5, 0.6) is 0 Å².